The normalized spacial score (nSPS) is 27.3. The van der Waals surface area contributed by atoms with Gasteiger partial charge in [0.05, 0.1) is 18.6 Å². The second kappa shape index (κ2) is 9.76. The van der Waals surface area contributed by atoms with E-state index in [-0.39, 0.29) is 25.4 Å². The van der Waals surface area contributed by atoms with Gasteiger partial charge in [-0.3, -0.25) is 4.90 Å². The van der Waals surface area contributed by atoms with Crippen molar-refractivity contribution < 1.29 is 36.2 Å². The van der Waals surface area contributed by atoms with Crippen molar-refractivity contribution in [3.05, 3.63) is 0 Å². The van der Waals surface area contributed by atoms with Gasteiger partial charge >= 0.3 is 18.9 Å². The largest absolute Gasteiger partial charge is 0.444 e. The zero-order chi connectivity index (χ0) is 21.8. The minimum absolute atomic E-state index is 0.129. The SMILES string of the molecule is CC(C)(C)OC(=O)N1CCN(CC2CCC(C(F)(F)F)CC2)CC1COC(F)F. The van der Waals surface area contributed by atoms with Crippen molar-refractivity contribution >= 4 is 6.09 Å². The van der Waals surface area contributed by atoms with Gasteiger partial charge in [-0.1, -0.05) is 0 Å². The average molecular weight is 430 g/mol. The summed E-state index contributed by atoms with van der Waals surface area (Å²) in [5.74, 6) is -1.09. The van der Waals surface area contributed by atoms with Crippen LogP contribution in [-0.4, -0.2) is 73.1 Å². The molecule has 29 heavy (non-hydrogen) atoms. The van der Waals surface area contributed by atoms with Crippen molar-refractivity contribution in [1.29, 1.82) is 0 Å². The van der Waals surface area contributed by atoms with Gasteiger partial charge in [0.25, 0.3) is 0 Å². The van der Waals surface area contributed by atoms with Crippen LogP contribution in [0.15, 0.2) is 0 Å². The third kappa shape index (κ3) is 7.88. The third-order valence-electron chi connectivity index (χ3n) is 5.44. The number of carbonyl (C=O) groups is 1. The number of piperazine rings is 1. The molecule has 170 valence electrons. The average Bonchev–Trinajstić information content (AvgIpc) is 2.58. The summed E-state index contributed by atoms with van der Waals surface area (Å²) in [7, 11) is 0. The molecule has 1 aliphatic carbocycles. The Hall–Kier alpha value is -1.16. The first-order valence-electron chi connectivity index (χ1n) is 10.0. The molecular formula is C19H31F5N2O3. The topological polar surface area (TPSA) is 42.0 Å². The number of nitrogens with zero attached hydrogens (tertiary/aromatic N) is 2. The maximum atomic E-state index is 12.8. The fraction of sp³-hybridized carbons (Fsp3) is 0.947. The van der Waals surface area contributed by atoms with E-state index < -0.39 is 36.4 Å². The summed E-state index contributed by atoms with van der Waals surface area (Å²) in [6, 6.07) is -0.598. The molecule has 1 heterocycles. The highest BCUT2D eigenvalue weighted by molar-refractivity contribution is 5.68. The Labute approximate surface area is 168 Å². The molecule has 1 aliphatic heterocycles. The van der Waals surface area contributed by atoms with E-state index in [1.165, 1.54) is 4.90 Å². The van der Waals surface area contributed by atoms with E-state index in [9.17, 15) is 26.7 Å². The van der Waals surface area contributed by atoms with Crippen LogP contribution in [0.25, 0.3) is 0 Å². The van der Waals surface area contributed by atoms with Gasteiger partial charge in [0.2, 0.25) is 0 Å². The summed E-state index contributed by atoms with van der Waals surface area (Å²) in [6.45, 7) is 3.64. The number of rotatable bonds is 5. The van der Waals surface area contributed by atoms with E-state index in [0.717, 1.165) is 0 Å². The van der Waals surface area contributed by atoms with E-state index in [1.807, 2.05) is 4.90 Å². The lowest BCUT2D eigenvalue weighted by Gasteiger charge is -2.43. The summed E-state index contributed by atoms with van der Waals surface area (Å²) in [6.07, 6.45) is -3.47. The first-order valence-corrected chi connectivity index (χ1v) is 10.0. The van der Waals surface area contributed by atoms with Crippen molar-refractivity contribution in [2.24, 2.45) is 11.8 Å². The monoisotopic (exact) mass is 430 g/mol. The summed E-state index contributed by atoms with van der Waals surface area (Å²) in [4.78, 5) is 15.9. The van der Waals surface area contributed by atoms with Gasteiger partial charge in [0.15, 0.2) is 0 Å². The predicted octanol–water partition coefficient (Wildman–Crippen LogP) is 4.52. The molecule has 5 nitrogen and oxygen atoms in total. The Morgan fingerprint density at radius 1 is 1.07 bits per heavy atom. The van der Waals surface area contributed by atoms with Crippen LogP contribution in [0, 0.1) is 11.8 Å². The number of halogens is 5. The molecule has 1 amide bonds. The molecule has 0 spiro atoms. The van der Waals surface area contributed by atoms with Gasteiger partial charge in [-0.25, -0.2) is 4.79 Å². The van der Waals surface area contributed by atoms with Crippen LogP contribution in [-0.2, 0) is 9.47 Å². The van der Waals surface area contributed by atoms with E-state index >= 15 is 0 Å². The van der Waals surface area contributed by atoms with Crippen LogP contribution in [0.4, 0.5) is 26.7 Å². The molecule has 1 atom stereocenters. The molecule has 2 aliphatic rings. The van der Waals surface area contributed by atoms with Gasteiger partial charge in [0, 0.05) is 26.2 Å². The summed E-state index contributed by atoms with van der Waals surface area (Å²) < 4.78 is 73.4. The molecule has 1 unspecified atom stereocenters. The lowest BCUT2D eigenvalue weighted by Crippen LogP contribution is -2.58. The highest BCUT2D eigenvalue weighted by Gasteiger charge is 2.42. The van der Waals surface area contributed by atoms with Crippen molar-refractivity contribution in [3.8, 4) is 0 Å². The maximum absolute atomic E-state index is 12.8. The number of alkyl halides is 5. The van der Waals surface area contributed by atoms with Crippen LogP contribution >= 0.6 is 0 Å². The molecule has 2 rings (SSSR count). The minimum Gasteiger partial charge on any atom is -0.444 e. The third-order valence-corrected chi connectivity index (χ3v) is 5.44. The molecule has 0 N–H and O–H groups in total. The lowest BCUT2D eigenvalue weighted by molar-refractivity contribution is -0.184. The Balaban J connectivity index is 1.91. The predicted molar refractivity (Wildman–Crippen MR) is 96.6 cm³/mol. The molecule has 10 heteroatoms. The highest BCUT2D eigenvalue weighted by Crippen LogP contribution is 2.39. The molecule has 0 bridgehead atoms. The molecule has 1 saturated carbocycles. The Morgan fingerprint density at radius 3 is 2.21 bits per heavy atom. The first-order chi connectivity index (χ1) is 13.3. The van der Waals surface area contributed by atoms with Crippen molar-refractivity contribution in [1.82, 2.24) is 9.80 Å². The number of amides is 1. The molecular weight excluding hydrogens is 399 g/mol. The van der Waals surface area contributed by atoms with Crippen LogP contribution in [0.1, 0.15) is 46.5 Å². The van der Waals surface area contributed by atoms with Crippen LogP contribution in [0.3, 0.4) is 0 Å². The highest BCUT2D eigenvalue weighted by atomic mass is 19.4. The Kier molecular flexibility index (Phi) is 8.12. The maximum Gasteiger partial charge on any atom is 0.410 e. The van der Waals surface area contributed by atoms with Crippen molar-refractivity contribution in [3.63, 3.8) is 0 Å². The second-order valence-corrected chi connectivity index (χ2v) is 8.94. The zero-order valence-electron chi connectivity index (χ0n) is 17.2. The number of hydrogen-bond acceptors (Lipinski definition) is 4. The fourth-order valence-corrected chi connectivity index (χ4v) is 4.01. The lowest BCUT2D eigenvalue weighted by atomic mass is 9.81. The van der Waals surface area contributed by atoms with Crippen molar-refractivity contribution in [2.45, 2.75) is 70.9 Å². The summed E-state index contributed by atoms with van der Waals surface area (Å²) in [5.41, 5.74) is -0.709. The number of hydrogen-bond donors (Lipinski definition) is 0. The van der Waals surface area contributed by atoms with E-state index in [0.29, 0.717) is 39.0 Å². The smallest absolute Gasteiger partial charge is 0.410 e. The molecule has 0 aromatic carbocycles. The standard InChI is InChI=1S/C19H31F5N2O3/c1-18(2,3)29-17(27)26-9-8-25(11-15(26)12-28-16(20)21)10-13-4-6-14(7-5-13)19(22,23)24/h13-16H,4-12H2,1-3H3. The summed E-state index contributed by atoms with van der Waals surface area (Å²) in [5, 5.41) is 0. The summed E-state index contributed by atoms with van der Waals surface area (Å²) >= 11 is 0. The van der Waals surface area contributed by atoms with E-state index in [2.05, 4.69) is 4.74 Å². The van der Waals surface area contributed by atoms with Crippen LogP contribution in [0.2, 0.25) is 0 Å². The quantitative estimate of drug-likeness (QED) is 0.602. The van der Waals surface area contributed by atoms with Crippen molar-refractivity contribution in [2.75, 3.05) is 32.8 Å². The fourth-order valence-electron chi connectivity index (χ4n) is 4.01. The van der Waals surface area contributed by atoms with Gasteiger partial charge in [0.1, 0.15) is 5.60 Å². The molecule has 1 saturated heterocycles. The molecule has 0 radical (unpaired) electrons. The number of ether oxygens (including phenoxy) is 2. The molecule has 2 fully saturated rings. The zero-order valence-corrected chi connectivity index (χ0v) is 17.2. The Morgan fingerprint density at radius 2 is 1.69 bits per heavy atom. The van der Waals surface area contributed by atoms with E-state index in [4.69, 9.17) is 4.74 Å². The van der Waals surface area contributed by atoms with Crippen LogP contribution < -0.4 is 0 Å². The van der Waals surface area contributed by atoms with Gasteiger partial charge < -0.3 is 14.4 Å². The molecule has 0 aromatic heterocycles. The molecule has 0 aromatic rings. The van der Waals surface area contributed by atoms with Gasteiger partial charge in [-0.2, -0.15) is 22.0 Å². The first kappa shape index (κ1) is 24.1. The number of carbonyl (C=O) groups excluding carboxylic acids is 1. The van der Waals surface area contributed by atoms with Gasteiger partial charge in [-0.15, -0.1) is 0 Å². The van der Waals surface area contributed by atoms with Crippen LogP contribution in [0.5, 0.6) is 0 Å². The van der Waals surface area contributed by atoms with Gasteiger partial charge in [-0.05, 0) is 52.4 Å². The minimum atomic E-state index is -4.14. The second-order valence-electron chi connectivity index (χ2n) is 8.94. The van der Waals surface area contributed by atoms with E-state index in [1.54, 1.807) is 20.8 Å². The Bertz CT molecular complexity index is 531.